The Balaban J connectivity index is 0.000000131. The van der Waals surface area contributed by atoms with Crippen molar-refractivity contribution in [1.82, 2.24) is 77.2 Å². The number of nitrogens with zero attached hydrogens (tertiary/aromatic N) is 16. The van der Waals surface area contributed by atoms with Crippen LogP contribution in [0.2, 0.25) is 10.0 Å². The lowest BCUT2D eigenvalue weighted by Crippen LogP contribution is -2.33. The molecule has 12 aromatic rings. The van der Waals surface area contributed by atoms with E-state index in [4.69, 9.17) is 23.2 Å². The molecule has 0 bridgehead atoms. The van der Waals surface area contributed by atoms with Crippen molar-refractivity contribution in [2.24, 2.45) is 21.1 Å². The number of aliphatic hydroxyl groups excluding tert-OH is 3. The van der Waals surface area contributed by atoms with E-state index in [9.17, 15) is 38.5 Å². The summed E-state index contributed by atoms with van der Waals surface area (Å²) in [7, 11) is 5.66. The average molecular weight is 1350 g/mol. The van der Waals surface area contributed by atoms with Gasteiger partial charge in [0.2, 0.25) is 17.8 Å². The van der Waals surface area contributed by atoms with Gasteiger partial charge in [0.05, 0.1) is 85.9 Å². The molecule has 3 aromatic carbocycles. The summed E-state index contributed by atoms with van der Waals surface area (Å²) in [6.07, 6.45) is 15.7. The highest BCUT2D eigenvalue weighted by atomic mass is 35.5. The molecule has 0 fully saturated rings. The minimum absolute atomic E-state index is 0.0128. The van der Waals surface area contributed by atoms with Crippen molar-refractivity contribution < 1.29 is 38.5 Å². The SMILES string of the molecule is Cn1cccc1Nc1nccc(-c2cc3n(c2)C(=O)N([C@H](CO)c2ccc(Cl)cc2)C3)n1.Cn1cccc1Nc1nccc(-c2cc3n(c2)C(=O)N([C@H](CO)c2cccc(F)c2)C3)n1.Cn1nccc1Nc1nccc(-c2cc3n(c2)C(=O)N([C@H](CO)c2ccc(Cl)c(F)c2)C3)n1. The first-order valence-corrected chi connectivity index (χ1v) is 31.1. The van der Waals surface area contributed by atoms with Crippen molar-refractivity contribution in [3.05, 3.63) is 245 Å². The van der Waals surface area contributed by atoms with E-state index < -0.39 is 29.8 Å². The van der Waals surface area contributed by atoms with Crippen molar-refractivity contribution in [2.75, 3.05) is 35.8 Å². The standard InChI is InChI=1S/C23H21ClN6O2.C23H21FN6O2.C22H19ClFN7O2/c1-28-10-2-3-21(28)27-22-25-9-8-19(26-22)16-11-18-13-30(23(32)29(18)12-16)20(14-31)15-4-6-17(24)7-5-15;1-28-9-3-6-21(28)27-22-25-8-7-19(26-22)16-11-18-13-30(23(32)29(18)12-16)20(14-31)15-4-2-5-17(24)10-15;1-29-20(5-7-26-29)28-21-25-6-4-18(27-21)14-8-15-11-31(22(33)30(15)10-14)19(12-32)13-2-3-16(23)17(24)9-13/h2*2-12,20,31H,13-14H2,1H3,(H,25,26,27);2-10,19,32H,11-12H2,1H3,(H,25,27,28)/t2*20-;19-/m111/s1. The first-order chi connectivity index (χ1) is 47.0. The maximum atomic E-state index is 13.9. The second-order valence-electron chi connectivity index (χ2n) is 22.9. The Bertz CT molecular complexity index is 4890. The number of hydrogen-bond acceptors (Lipinski definition) is 16. The number of amides is 3. The van der Waals surface area contributed by atoms with Gasteiger partial charge in [0.25, 0.3) is 0 Å². The Morgan fingerprint density at radius 1 is 0.474 bits per heavy atom. The molecule has 15 rings (SSSR count). The zero-order valence-electron chi connectivity index (χ0n) is 52.1. The number of aliphatic hydroxyl groups is 3. The monoisotopic (exact) mass is 1350 g/mol. The number of hydrogen-bond donors (Lipinski definition) is 6. The van der Waals surface area contributed by atoms with Crippen molar-refractivity contribution in [3.63, 3.8) is 0 Å². The Kier molecular flexibility index (Phi) is 18.3. The van der Waals surface area contributed by atoms with E-state index in [1.54, 1.807) is 118 Å². The summed E-state index contributed by atoms with van der Waals surface area (Å²) in [5.41, 5.74) is 8.64. The van der Waals surface area contributed by atoms with E-state index in [1.807, 2.05) is 96.3 Å². The largest absolute Gasteiger partial charge is 0.394 e. The van der Waals surface area contributed by atoms with Gasteiger partial charge in [-0.1, -0.05) is 53.5 Å². The van der Waals surface area contributed by atoms with Gasteiger partial charge < -0.3 is 55.1 Å². The van der Waals surface area contributed by atoms with Crippen LogP contribution in [0.15, 0.2) is 189 Å². The molecule has 3 amide bonds. The van der Waals surface area contributed by atoms with Crippen LogP contribution in [0.1, 0.15) is 51.9 Å². The highest BCUT2D eigenvalue weighted by Gasteiger charge is 2.37. The maximum Gasteiger partial charge on any atom is 0.329 e. The Morgan fingerprint density at radius 3 is 1.28 bits per heavy atom. The van der Waals surface area contributed by atoms with Crippen LogP contribution in [0.5, 0.6) is 0 Å². The maximum absolute atomic E-state index is 13.9. The molecule has 492 valence electrons. The molecule has 9 aromatic heterocycles. The van der Waals surface area contributed by atoms with Crippen LogP contribution in [0, 0.1) is 11.6 Å². The molecule has 29 heteroatoms. The molecule has 0 unspecified atom stereocenters. The number of halogens is 4. The number of anilines is 6. The molecule has 3 atom stereocenters. The minimum atomic E-state index is -0.693. The number of carbonyl (C=O) groups is 3. The van der Waals surface area contributed by atoms with Gasteiger partial charge in [0.1, 0.15) is 29.1 Å². The summed E-state index contributed by atoms with van der Waals surface area (Å²) in [5.74, 6) is 2.82. The van der Waals surface area contributed by atoms with Crippen LogP contribution in [-0.4, -0.2) is 130 Å². The number of fused-ring (bicyclic) bond motifs is 3. The van der Waals surface area contributed by atoms with Crippen LogP contribution < -0.4 is 16.0 Å². The Morgan fingerprint density at radius 2 is 0.897 bits per heavy atom. The zero-order valence-corrected chi connectivity index (χ0v) is 53.6. The van der Waals surface area contributed by atoms with E-state index in [0.29, 0.717) is 58.5 Å². The predicted octanol–water partition coefficient (Wildman–Crippen LogP) is 11.6. The molecule has 97 heavy (non-hydrogen) atoms. The first kappa shape index (κ1) is 64.4. The molecule has 0 spiro atoms. The third-order valence-corrected chi connectivity index (χ3v) is 17.4. The van der Waals surface area contributed by atoms with Gasteiger partial charge >= 0.3 is 18.1 Å². The lowest BCUT2D eigenvalue weighted by molar-refractivity contribution is 0.141. The topological polar surface area (TPSA) is 278 Å². The van der Waals surface area contributed by atoms with Gasteiger partial charge in [0, 0.05) is 116 Å². The fraction of sp³-hybridized carbons (Fsp3) is 0.176. The van der Waals surface area contributed by atoms with Crippen LogP contribution in [-0.2, 0) is 40.8 Å². The lowest BCUT2D eigenvalue weighted by atomic mass is 10.1. The molecular formula is C68H61Cl2F2N19O6. The lowest BCUT2D eigenvalue weighted by Gasteiger charge is -2.26. The van der Waals surface area contributed by atoms with Crippen LogP contribution in [0.4, 0.5) is 58.5 Å². The molecule has 0 radical (unpaired) electrons. The van der Waals surface area contributed by atoms with Crippen molar-refractivity contribution >= 4 is 76.6 Å². The van der Waals surface area contributed by atoms with Gasteiger partial charge in [-0.25, -0.2) is 53.1 Å². The second kappa shape index (κ2) is 27.5. The summed E-state index contributed by atoms with van der Waals surface area (Å²) >= 11 is 11.7. The fourth-order valence-corrected chi connectivity index (χ4v) is 12.0. The Hall–Kier alpha value is -11.4. The number of carbonyl (C=O) groups excluding carboxylic acids is 3. The average Bonchev–Trinajstić information content (AvgIpc) is 1.63. The highest BCUT2D eigenvalue weighted by molar-refractivity contribution is 6.31. The number of nitrogens with one attached hydrogen (secondary N) is 3. The summed E-state index contributed by atoms with van der Waals surface area (Å²) < 4.78 is 37.8. The minimum Gasteiger partial charge on any atom is -0.394 e. The molecule has 12 heterocycles. The van der Waals surface area contributed by atoms with Gasteiger partial charge in [-0.2, -0.15) is 5.10 Å². The molecule has 0 saturated heterocycles. The quantitative estimate of drug-likeness (QED) is 0.0466. The van der Waals surface area contributed by atoms with E-state index in [2.05, 4.69) is 51.0 Å². The van der Waals surface area contributed by atoms with Crippen LogP contribution in [0.3, 0.4) is 0 Å². The molecule has 0 aliphatic carbocycles. The predicted molar refractivity (Wildman–Crippen MR) is 358 cm³/mol. The zero-order chi connectivity index (χ0) is 67.6. The first-order valence-electron chi connectivity index (χ1n) is 30.4. The third kappa shape index (κ3) is 13.4. The van der Waals surface area contributed by atoms with Gasteiger partial charge in [-0.05, 0) is 114 Å². The molecule has 3 aliphatic heterocycles. The summed E-state index contributed by atoms with van der Waals surface area (Å²) in [5, 5.41) is 44.0. The number of aromatic nitrogens is 13. The van der Waals surface area contributed by atoms with Crippen molar-refractivity contribution in [1.29, 1.82) is 0 Å². The van der Waals surface area contributed by atoms with Crippen LogP contribution >= 0.6 is 23.2 Å². The fourth-order valence-electron chi connectivity index (χ4n) is 11.7. The highest BCUT2D eigenvalue weighted by Crippen LogP contribution is 2.37. The van der Waals surface area contributed by atoms with E-state index in [1.165, 1.54) is 38.6 Å². The number of rotatable bonds is 18. The molecule has 0 saturated carbocycles. The summed E-state index contributed by atoms with van der Waals surface area (Å²) in [6, 6.07) is 35.5. The Labute approximate surface area is 562 Å². The molecule has 6 N–H and O–H groups in total. The summed E-state index contributed by atoms with van der Waals surface area (Å²) in [6.45, 7) is 0.142. The van der Waals surface area contributed by atoms with Crippen molar-refractivity contribution in [3.8, 4) is 33.8 Å². The molecular weight excluding hydrogens is 1290 g/mol. The van der Waals surface area contributed by atoms with E-state index in [-0.39, 0.29) is 49.5 Å². The van der Waals surface area contributed by atoms with E-state index >= 15 is 0 Å². The number of benzene rings is 3. The van der Waals surface area contributed by atoms with Gasteiger partial charge in [0.15, 0.2) is 0 Å². The molecule has 25 nitrogen and oxygen atoms in total. The number of aryl methyl sites for hydroxylation is 3. The van der Waals surface area contributed by atoms with Gasteiger partial charge in [-0.3, -0.25) is 18.4 Å². The smallest absolute Gasteiger partial charge is 0.329 e. The normalized spacial score (nSPS) is 14.0. The van der Waals surface area contributed by atoms with Crippen LogP contribution in [0.25, 0.3) is 33.8 Å². The van der Waals surface area contributed by atoms with E-state index in [0.717, 1.165) is 62.5 Å². The van der Waals surface area contributed by atoms with Gasteiger partial charge in [-0.15, -0.1) is 0 Å². The van der Waals surface area contributed by atoms with Crippen molar-refractivity contribution in [2.45, 2.75) is 37.8 Å². The third-order valence-electron chi connectivity index (χ3n) is 16.8. The summed E-state index contributed by atoms with van der Waals surface area (Å²) in [4.78, 5) is 70.4. The molecule has 3 aliphatic rings. The second-order valence-corrected chi connectivity index (χ2v) is 23.7.